The first-order valence-electron chi connectivity index (χ1n) is 5.11. The molecule has 0 amide bonds. The number of hydrogen-bond donors (Lipinski definition) is 1. The van der Waals surface area contributed by atoms with Gasteiger partial charge in [0.25, 0.3) is 0 Å². The van der Waals surface area contributed by atoms with Gasteiger partial charge in [0.05, 0.1) is 0 Å². The molecular formula is C12H13BrN2S. The second kappa shape index (κ2) is 4.97. The molecule has 0 unspecified atom stereocenters. The van der Waals surface area contributed by atoms with Crippen molar-refractivity contribution in [2.24, 2.45) is 0 Å². The summed E-state index contributed by atoms with van der Waals surface area (Å²) in [4.78, 5) is 5.38. The van der Waals surface area contributed by atoms with E-state index in [1.165, 1.54) is 16.0 Å². The molecule has 0 fully saturated rings. The summed E-state index contributed by atoms with van der Waals surface area (Å²) in [6, 6.07) is 8.59. The van der Waals surface area contributed by atoms with Gasteiger partial charge in [-0.3, -0.25) is 0 Å². The molecule has 1 heterocycles. The Morgan fingerprint density at radius 2 is 2.19 bits per heavy atom. The highest BCUT2D eigenvalue weighted by Gasteiger charge is 2.06. The van der Waals surface area contributed by atoms with Gasteiger partial charge in [0.1, 0.15) is 4.60 Å². The van der Waals surface area contributed by atoms with Crippen LogP contribution in [0.25, 0.3) is 0 Å². The van der Waals surface area contributed by atoms with E-state index in [0.29, 0.717) is 5.13 Å². The molecule has 0 spiro atoms. The van der Waals surface area contributed by atoms with Crippen molar-refractivity contribution in [3.8, 4) is 0 Å². The Morgan fingerprint density at radius 3 is 2.81 bits per heavy atom. The van der Waals surface area contributed by atoms with E-state index in [1.54, 1.807) is 11.3 Å². The van der Waals surface area contributed by atoms with Crippen LogP contribution in [0.5, 0.6) is 0 Å². The molecule has 1 aromatic heterocycles. The van der Waals surface area contributed by atoms with Crippen molar-refractivity contribution < 1.29 is 0 Å². The number of anilines is 1. The van der Waals surface area contributed by atoms with Gasteiger partial charge >= 0.3 is 0 Å². The van der Waals surface area contributed by atoms with Gasteiger partial charge in [-0.2, -0.15) is 0 Å². The molecule has 4 heteroatoms. The molecule has 2 aromatic rings. The van der Waals surface area contributed by atoms with Crippen LogP contribution >= 0.6 is 27.3 Å². The number of halogens is 1. The number of nitrogens with two attached hydrogens (primary N) is 1. The third kappa shape index (κ3) is 2.83. The second-order valence-corrected chi connectivity index (χ2v) is 5.62. The van der Waals surface area contributed by atoms with Crippen LogP contribution in [0.2, 0.25) is 0 Å². The maximum absolute atomic E-state index is 5.65. The highest BCUT2D eigenvalue weighted by molar-refractivity contribution is 9.10. The first-order chi connectivity index (χ1) is 7.65. The Bertz CT molecular complexity index is 494. The van der Waals surface area contributed by atoms with E-state index in [0.717, 1.165) is 17.4 Å². The van der Waals surface area contributed by atoms with Gasteiger partial charge in [-0.25, -0.2) is 4.98 Å². The van der Waals surface area contributed by atoms with Crippen molar-refractivity contribution >= 4 is 32.4 Å². The average Bonchev–Trinajstić information content (AvgIpc) is 2.54. The molecule has 2 N–H and O–H groups in total. The fourth-order valence-electron chi connectivity index (χ4n) is 1.63. The number of benzene rings is 1. The predicted molar refractivity (Wildman–Crippen MR) is 72.8 cm³/mol. The van der Waals surface area contributed by atoms with E-state index in [4.69, 9.17) is 5.73 Å². The summed E-state index contributed by atoms with van der Waals surface area (Å²) in [5, 5.41) is 0.631. The zero-order valence-corrected chi connectivity index (χ0v) is 11.4. The number of rotatable bonds is 3. The van der Waals surface area contributed by atoms with E-state index in [-0.39, 0.29) is 0 Å². The van der Waals surface area contributed by atoms with Gasteiger partial charge in [-0.05, 0) is 41.3 Å². The molecule has 1 aromatic carbocycles. The molecule has 0 saturated heterocycles. The van der Waals surface area contributed by atoms with E-state index in [1.807, 2.05) is 0 Å². The number of hydrogen-bond acceptors (Lipinski definition) is 3. The van der Waals surface area contributed by atoms with E-state index < -0.39 is 0 Å². The summed E-state index contributed by atoms with van der Waals surface area (Å²) in [6.45, 7) is 2.12. The fourth-order valence-corrected chi connectivity index (χ4v) is 3.10. The van der Waals surface area contributed by atoms with Crippen LogP contribution in [0.3, 0.4) is 0 Å². The molecule has 0 aliphatic heterocycles. The van der Waals surface area contributed by atoms with Gasteiger partial charge < -0.3 is 5.73 Å². The molecule has 0 radical (unpaired) electrons. The molecule has 84 valence electrons. The number of aryl methyl sites for hydroxylation is 3. The number of nitrogens with zero attached hydrogens (tertiary/aromatic N) is 1. The monoisotopic (exact) mass is 296 g/mol. The largest absolute Gasteiger partial charge is 0.375 e. The van der Waals surface area contributed by atoms with E-state index in [2.05, 4.69) is 52.1 Å². The Morgan fingerprint density at radius 1 is 1.38 bits per heavy atom. The fraction of sp³-hybridized carbons (Fsp3) is 0.250. The van der Waals surface area contributed by atoms with Crippen LogP contribution in [0.1, 0.15) is 16.0 Å². The zero-order chi connectivity index (χ0) is 11.5. The standard InChI is InChI=1S/C12H13BrN2S/c1-8-3-2-4-9(7-8)5-6-10-11(13)15-12(14)16-10/h2-4,7H,5-6H2,1H3,(H2,14,15). The molecule has 0 aliphatic carbocycles. The van der Waals surface area contributed by atoms with Crippen LogP contribution in [0.4, 0.5) is 5.13 Å². The van der Waals surface area contributed by atoms with Crippen LogP contribution in [-0.2, 0) is 12.8 Å². The van der Waals surface area contributed by atoms with Crippen molar-refractivity contribution in [3.05, 3.63) is 44.9 Å². The average molecular weight is 297 g/mol. The summed E-state index contributed by atoms with van der Waals surface area (Å²) < 4.78 is 0.891. The summed E-state index contributed by atoms with van der Waals surface area (Å²) in [6.07, 6.45) is 2.01. The molecule has 2 nitrogen and oxygen atoms in total. The lowest BCUT2D eigenvalue weighted by Crippen LogP contribution is -1.90. The molecule has 2 rings (SSSR count). The number of nitrogen functional groups attached to an aromatic ring is 1. The predicted octanol–water partition coefficient (Wildman–Crippen LogP) is 3.58. The van der Waals surface area contributed by atoms with Crippen LogP contribution < -0.4 is 5.73 Å². The maximum atomic E-state index is 5.65. The van der Waals surface area contributed by atoms with Crippen molar-refractivity contribution in [1.29, 1.82) is 0 Å². The van der Waals surface area contributed by atoms with Crippen LogP contribution in [0, 0.1) is 6.92 Å². The highest BCUT2D eigenvalue weighted by Crippen LogP contribution is 2.26. The third-order valence-corrected chi connectivity index (χ3v) is 4.25. The Labute approximate surface area is 108 Å². The summed E-state index contributed by atoms with van der Waals surface area (Å²) >= 11 is 4.98. The first-order valence-corrected chi connectivity index (χ1v) is 6.72. The van der Waals surface area contributed by atoms with Gasteiger partial charge in [-0.15, -0.1) is 11.3 Å². The SMILES string of the molecule is Cc1cccc(CCc2sc(N)nc2Br)c1. The van der Waals surface area contributed by atoms with Gasteiger partial charge in [0.15, 0.2) is 5.13 Å². The van der Waals surface area contributed by atoms with E-state index in [9.17, 15) is 0 Å². The normalized spacial score (nSPS) is 10.6. The lowest BCUT2D eigenvalue weighted by atomic mass is 10.1. The lowest BCUT2D eigenvalue weighted by Gasteiger charge is -2.01. The lowest BCUT2D eigenvalue weighted by molar-refractivity contribution is 0.967. The quantitative estimate of drug-likeness (QED) is 0.940. The summed E-state index contributed by atoms with van der Waals surface area (Å²) in [5.74, 6) is 0. The first kappa shape index (κ1) is 11.6. The van der Waals surface area contributed by atoms with E-state index >= 15 is 0 Å². The molecule has 16 heavy (non-hydrogen) atoms. The van der Waals surface area contributed by atoms with Crippen LogP contribution in [-0.4, -0.2) is 4.98 Å². The van der Waals surface area contributed by atoms with Crippen molar-refractivity contribution in [2.75, 3.05) is 5.73 Å². The van der Waals surface area contributed by atoms with Gasteiger partial charge in [0, 0.05) is 4.88 Å². The Kier molecular flexibility index (Phi) is 3.61. The zero-order valence-electron chi connectivity index (χ0n) is 9.03. The minimum atomic E-state index is 0.631. The molecule has 0 saturated carbocycles. The van der Waals surface area contributed by atoms with Crippen molar-refractivity contribution in [3.63, 3.8) is 0 Å². The van der Waals surface area contributed by atoms with Gasteiger partial charge in [-0.1, -0.05) is 29.8 Å². The van der Waals surface area contributed by atoms with Gasteiger partial charge in [0.2, 0.25) is 0 Å². The Balaban J connectivity index is 2.05. The number of thiazole rings is 1. The summed E-state index contributed by atoms with van der Waals surface area (Å²) in [5.41, 5.74) is 8.32. The molecule has 0 bridgehead atoms. The minimum Gasteiger partial charge on any atom is -0.375 e. The minimum absolute atomic E-state index is 0.631. The van der Waals surface area contributed by atoms with Crippen molar-refractivity contribution in [2.45, 2.75) is 19.8 Å². The smallest absolute Gasteiger partial charge is 0.181 e. The second-order valence-electron chi connectivity index (χ2n) is 3.76. The Hall–Kier alpha value is -0.870. The highest BCUT2D eigenvalue weighted by atomic mass is 79.9. The molecule has 0 aliphatic rings. The molecule has 0 atom stereocenters. The third-order valence-electron chi connectivity index (χ3n) is 2.39. The topological polar surface area (TPSA) is 38.9 Å². The molecular weight excluding hydrogens is 284 g/mol. The van der Waals surface area contributed by atoms with Crippen molar-refractivity contribution in [1.82, 2.24) is 4.98 Å². The number of aromatic nitrogens is 1. The maximum Gasteiger partial charge on any atom is 0.181 e. The van der Waals surface area contributed by atoms with Crippen LogP contribution in [0.15, 0.2) is 28.9 Å². The summed E-state index contributed by atoms with van der Waals surface area (Å²) in [7, 11) is 0.